The van der Waals surface area contributed by atoms with Crippen LogP contribution < -0.4 is 0 Å². The summed E-state index contributed by atoms with van der Waals surface area (Å²) in [7, 11) is 0. The van der Waals surface area contributed by atoms with Gasteiger partial charge in [-0.15, -0.1) is 0 Å². The smallest absolute Gasteiger partial charge is 0.00468 e. The van der Waals surface area contributed by atoms with Crippen LogP contribution in [0.3, 0.4) is 0 Å². The Bertz CT molecular complexity index is 357. The van der Waals surface area contributed by atoms with Crippen LogP contribution in [0.15, 0.2) is 30.3 Å². The molecule has 1 aliphatic carbocycles. The molecule has 2 rings (SSSR count). The predicted molar refractivity (Wildman–Crippen MR) is 89.1 cm³/mol. The molecular weight excluding hydrogens is 240 g/mol. The van der Waals surface area contributed by atoms with E-state index in [1.165, 1.54) is 64.2 Å². The van der Waals surface area contributed by atoms with Crippen LogP contribution in [0.25, 0.3) is 0 Å². The average molecular weight is 272 g/mol. The third kappa shape index (κ3) is 4.11. The van der Waals surface area contributed by atoms with Gasteiger partial charge in [-0.25, -0.2) is 0 Å². The number of unbranched alkanes of at least 4 members (excludes halogenated alkanes) is 4. The lowest BCUT2D eigenvalue weighted by Crippen LogP contribution is -2.31. The lowest BCUT2D eigenvalue weighted by atomic mass is 9.64. The third-order valence-corrected chi connectivity index (χ3v) is 5.38. The highest BCUT2D eigenvalue weighted by Crippen LogP contribution is 2.45. The van der Waals surface area contributed by atoms with Crippen LogP contribution in [0.1, 0.15) is 83.6 Å². The van der Waals surface area contributed by atoms with E-state index in [2.05, 4.69) is 44.2 Å². The largest absolute Gasteiger partial charge is 0.0654 e. The minimum Gasteiger partial charge on any atom is -0.0654 e. The summed E-state index contributed by atoms with van der Waals surface area (Å²) in [5.41, 5.74) is 2.11. The van der Waals surface area contributed by atoms with Crippen molar-refractivity contribution >= 4 is 0 Å². The second-order valence-corrected chi connectivity index (χ2v) is 6.99. The van der Waals surface area contributed by atoms with E-state index in [9.17, 15) is 0 Å². The van der Waals surface area contributed by atoms with Gasteiger partial charge in [-0.3, -0.25) is 0 Å². The van der Waals surface area contributed by atoms with E-state index in [0.717, 1.165) is 5.92 Å². The zero-order valence-electron chi connectivity index (χ0n) is 13.5. The molecule has 0 atom stereocenters. The molecule has 0 aromatic heterocycles. The Balaban J connectivity index is 1.98. The van der Waals surface area contributed by atoms with Gasteiger partial charge in [-0.2, -0.15) is 0 Å². The molecule has 0 radical (unpaired) electrons. The molecule has 1 aliphatic rings. The molecule has 0 aliphatic heterocycles. The van der Waals surface area contributed by atoms with Crippen LogP contribution in [0, 0.1) is 5.92 Å². The van der Waals surface area contributed by atoms with Crippen molar-refractivity contribution in [3.8, 4) is 0 Å². The van der Waals surface area contributed by atoms with Crippen LogP contribution in [-0.4, -0.2) is 0 Å². The van der Waals surface area contributed by atoms with Gasteiger partial charge in [0.1, 0.15) is 0 Å². The first-order chi connectivity index (χ1) is 9.77. The summed E-state index contributed by atoms with van der Waals surface area (Å²) < 4.78 is 0. The molecule has 1 saturated carbocycles. The summed E-state index contributed by atoms with van der Waals surface area (Å²) >= 11 is 0. The highest BCUT2D eigenvalue weighted by molar-refractivity contribution is 5.26. The highest BCUT2D eigenvalue weighted by Gasteiger charge is 2.34. The van der Waals surface area contributed by atoms with Crippen molar-refractivity contribution in [1.82, 2.24) is 0 Å². The molecule has 1 fully saturated rings. The van der Waals surface area contributed by atoms with Crippen LogP contribution >= 0.6 is 0 Å². The summed E-state index contributed by atoms with van der Waals surface area (Å²) in [6.07, 6.45) is 14.1. The first-order valence-corrected chi connectivity index (χ1v) is 8.82. The molecule has 0 saturated heterocycles. The molecule has 0 heterocycles. The molecule has 20 heavy (non-hydrogen) atoms. The standard InChI is InChI=1S/C20H32/c1-3-4-5-6-10-15-20(16-13-18(2)14-17-20)19-11-8-7-9-12-19/h7-9,11-12,18H,3-6,10,13-17H2,1-2H3. The minimum absolute atomic E-state index is 0.500. The Morgan fingerprint density at radius 1 is 0.950 bits per heavy atom. The summed E-state index contributed by atoms with van der Waals surface area (Å²) in [6.45, 7) is 4.73. The summed E-state index contributed by atoms with van der Waals surface area (Å²) in [4.78, 5) is 0. The number of hydrogen-bond acceptors (Lipinski definition) is 0. The highest BCUT2D eigenvalue weighted by atomic mass is 14.4. The van der Waals surface area contributed by atoms with Crippen molar-refractivity contribution in [3.05, 3.63) is 35.9 Å². The summed E-state index contributed by atoms with van der Waals surface area (Å²) in [5.74, 6) is 0.937. The van der Waals surface area contributed by atoms with Crippen LogP contribution in [0.4, 0.5) is 0 Å². The SMILES string of the molecule is CCCCCCCC1(c2ccccc2)CCC(C)CC1. The first-order valence-electron chi connectivity index (χ1n) is 8.82. The molecule has 0 N–H and O–H groups in total. The van der Waals surface area contributed by atoms with Crippen molar-refractivity contribution in [2.45, 2.75) is 83.5 Å². The zero-order valence-corrected chi connectivity index (χ0v) is 13.5. The number of benzene rings is 1. The Morgan fingerprint density at radius 2 is 1.60 bits per heavy atom. The van der Waals surface area contributed by atoms with Gasteiger partial charge >= 0.3 is 0 Å². The Labute approximate surface area is 126 Å². The third-order valence-electron chi connectivity index (χ3n) is 5.38. The van der Waals surface area contributed by atoms with Gasteiger partial charge in [0.25, 0.3) is 0 Å². The Kier molecular flexibility index (Phi) is 6.13. The molecule has 112 valence electrons. The van der Waals surface area contributed by atoms with E-state index in [0.29, 0.717) is 5.41 Å². The Morgan fingerprint density at radius 3 is 2.25 bits per heavy atom. The minimum atomic E-state index is 0.500. The van der Waals surface area contributed by atoms with Crippen LogP contribution in [-0.2, 0) is 5.41 Å². The molecule has 0 spiro atoms. The van der Waals surface area contributed by atoms with Gasteiger partial charge < -0.3 is 0 Å². The molecule has 0 nitrogen and oxygen atoms in total. The molecule has 1 aromatic rings. The van der Waals surface area contributed by atoms with Crippen molar-refractivity contribution in [2.75, 3.05) is 0 Å². The summed E-state index contributed by atoms with van der Waals surface area (Å²) in [5, 5.41) is 0. The van der Waals surface area contributed by atoms with Gasteiger partial charge in [0.05, 0.1) is 0 Å². The molecule has 0 amide bonds. The quantitative estimate of drug-likeness (QED) is 0.497. The zero-order chi connectivity index (χ0) is 14.3. The van der Waals surface area contributed by atoms with E-state index in [1.54, 1.807) is 5.56 Å². The monoisotopic (exact) mass is 272 g/mol. The average Bonchev–Trinajstić information content (AvgIpc) is 2.50. The van der Waals surface area contributed by atoms with Gasteiger partial charge in [0.2, 0.25) is 0 Å². The van der Waals surface area contributed by atoms with Crippen LogP contribution in [0.5, 0.6) is 0 Å². The topological polar surface area (TPSA) is 0 Å². The van der Waals surface area contributed by atoms with E-state index in [4.69, 9.17) is 0 Å². The van der Waals surface area contributed by atoms with E-state index in [-0.39, 0.29) is 0 Å². The van der Waals surface area contributed by atoms with E-state index in [1.807, 2.05) is 0 Å². The predicted octanol–water partition coefficient (Wildman–Crippen LogP) is 6.50. The van der Waals surface area contributed by atoms with Gasteiger partial charge in [0.15, 0.2) is 0 Å². The van der Waals surface area contributed by atoms with E-state index < -0.39 is 0 Å². The fourth-order valence-corrected chi connectivity index (χ4v) is 3.86. The van der Waals surface area contributed by atoms with Gasteiger partial charge in [-0.05, 0) is 49.0 Å². The van der Waals surface area contributed by atoms with E-state index >= 15 is 0 Å². The molecule has 0 unspecified atom stereocenters. The van der Waals surface area contributed by atoms with Crippen LogP contribution in [0.2, 0.25) is 0 Å². The molecule has 0 bridgehead atoms. The summed E-state index contributed by atoms with van der Waals surface area (Å²) in [6, 6.07) is 11.4. The fraction of sp³-hybridized carbons (Fsp3) is 0.700. The Hall–Kier alpha value is -0.780. The van der Waals surface area contributed by atoms with Crippen molar-refractivity contribution in [2.24, 2.45) is 5.92 Å². The second kappa shape index (κ2) is 7.86. The lowest BCUT2D eigenvalue weighted by Gasteiger charge is -2.40. The van der Waals surface area contributed by atoms with Gasteiger partial charge in [-0.1, -0.05) is 76.3 Å². The maximum atomic E-state index is 2.43. The normalized spacial score (nSPS) is 26.6. The number of hydrogen-bond donors (Lipinski definition) is 0. The molecule has 0 heteroatoms. The lowest BCUT2D eigenvalue weighted by molar-refractivity contribution is 0.222. The van der Waals surface area contributed by atoms with Crippen molar-refractivity contribution < 1.29 is 0 Å². The van der Waals surface area contributed by atoms with Crippen molar-refractivity contribution in [1.29, 1.82) is 0 Å². The first kappa shape index (κ1) is 15.6. The van der Waals surface area contributed by atoms with Crippen molar-refractivity contribution in [3.63, 3.8) is 0 Å². The maximum Gasteiger partial charge on any atom is -0.00468 e. The molecule has 1 aromatic carbocycles. The molecular formula is C20H32. The second-order valence-electron chi connectivity index (χ2n) is 6.99. The van der Waals surface area contributed by atoms with Gasteiger partial charge in [0, 0.05) is 0 Å². The maximum absolute atomic E-state index is 2.43. The number of rotatable bonds is 7. The fourth-order valence-electron chi connectivity index (χ4n) is 3.86.